The van der Waals surface area contributed by atoms with E-state index in [0.29, 0.717) is 49.8 Å². The summed E-state index contributed by atoms with van der Waals surface area (Å²) in [6.45, 7) is 3.40. The summed E-state index contributed by atoms with van der Waals surface area (Å²) in [6, 6.07) is 23.5. The Balaban J connectivity index is 1.34. The normalized spacial score (nSPS) is 16.4. The van der Waals surface area contributed by atoms with Gasteiger partial charge in [-0.25, -0.2) is 8.42 Å². The van der Waals surface area contributed by atoms with Gasteiger partial charge in [0.05, 0.1) is 17.4 Å². The van der Waals surface area contributed by atoms with Crippen LogP contribution < -0.4 is 14.8 Å². The first-order chi connectivity index (χ1) is 17.0. The highest BCUT2D eigenvalue weighted by Crippen LogP contribution is 2.26. The number of hydrogen-bond donors (Lipinski definition) is 1. The van der Waals surface area contributed by atoms with Crippen LogP contribution in [0.2, 0.25) is 0 Å². The summed E-state index contributed by atoms with van der Waals surface area (Å²) in [5.41, 5.74) is 1.72. The Morgan fingerprint density at radius 3 is 2.29 bits per heavy atom. The Kier molecular flexibility index (Phi) is 8.05. The summed E-state index contributed by atoms with van der Waals surface area (Å²) in [6.07, 6.45) is 1.26. The van der Waals surface area contributed by atoms with Gasteiger partial charge in [-0.2, -0.15) is 4.31 Å². The third-order valence-corrected chi connectivity index (χ3v) is 7.78. The first kappa shape index (κ1) is 24.8. The number of rotatable bonds is 9. The summed E-state index contributed by atoms with van der Waals surface area (Å²) < 4.78 is 38.8. The van der Waals surface area contributed by atoms with Crippen molar-refractivity contribution >= 4 is 21.6 Å². The van der Waals surface area contributed by atoms with Gasteiger partial charge in [0.25, 0.3) is 0 Å². The Bertz CT molecular complexity index is 1210. The predicted octanol–water partition coefficient (Wildman–Crippen LogP) is 4.70. The van der Waals surface area contributed by atoms with E-state index in [9.17, 15) is 13.2 Å². The van der Waals surface area contributed by atoms with Crippen LogP contribution in [0.1, 0.15) is 25.3 Å². The van der Waals surface area contributed by atoms with Gasteiger partial charge in [0.2, 0.25) is 15.9 Å². The number of sulfonamides is 1. The largest absolute Gasteiger partial charge is 0.494 e. The highest BCUT2D eigenvalue weighted by molar-refractivity contribution is 7.89. The van der Waals surface area contributed by atoms with Gasteiger partial charge in [0.1, 0.15) is 18.1 Å². The fourth-order valence-corrected chi connectivity index (χ4v) is 5.54. The fourth-order valence-electron chi connectivity index (χ4n) is 4.02. The second-order valence-corrected chi connectivity index (χ2v) is 10.3. The molecule has 8 heteroatoms. The van der Waals surface area contributed by atoms with Crippen molar-refractivity contribution in [3.05, 3.63) is 84.4 Å². The highest BCUT2D eigenvalue weighted by atomic mass is 32.2. The van der Waals surface area contributed by atoms with Gasteiger partial charge >= 0.3 is 0 Å². The summed E-state index contributed by atoms with van der Waals surface area (Å²) in [5.74, 6) is 0.723. The van der Waals surface area contributed by atoms with Crippen LogP contribution in [-0.2, 0) is 21.4 Å². The van der Waals surface area contributed by atoms with Crippen molar-refractivity contribution in [3.63, 3.8) is 0 Å². The van der Waals surface area contributed by atoms with Crippen LogP contribution in [-0.4, -0.2) is 38.3 Å². The molecule has 0 saturated carbocycles. The summed E-state index contributed by atoms with van der Waals surface area (Å²) >= 11 is 0. The molecule has 7 nitrogen and oxygen atoms in total. The molecule has 1 fully saturated rings. The molecule has 4 rings (SSSR count). The molecule has 3 aromatic carbocycles. The Labute approximate surface area is 206 Å². The number of nitrogens with one attached hydrogen (secondary N) is 1. The molecule has 0 aliphatic carbocycles. The van der Waals surface area contributed by atoms with Crippen molar-refractivity contribution in [2.24, 2.45) is 5.92 Å². The summed E-state index contributed by atoms with van der Waals surface area (Å²) in [4.78, 5) is 13.1. The number of hydrogen-bond acceptors (Lipinski definition) is 5. The maximum Gasteiger partial charge on any atom is 0.243 e. The molecule has 3 aromatic rings. The smallest absolute Gasteiger partial charge is 0.243 e. The van der Waals surface area contributed by atoms with E-state index in [1.165, 1.54) is 4.31 Å². The van der Waals surface area contributed by atoms with E-state index in [-0.39, 0.29) is 17.3 Å². The molecule has 184 valence electrons. The minimum Gasteiger partial charge on any atom is -0.494 e. The van der Waals surface area contributed by atoms with Crippen molar-refractivity contribution in [1.82, 2.24) is 4.31 Å². The van der Waals surface area contributed by atoms with Crippen molar-refractivity contribution in [2.75, 3.05) is 25.0 Å². The first-order valence-electron chi connectivity index (χ1n) is 11.8. The zero-order chi connectivity index (χ0) is 24.7. The maximum atomic E-state index is 13.1. The lowest BCUT2D eigenvalue weighted by atomic mass is 9.99. The summed E-state index contributed by atoms with van der Waals surface area (Å²) in [5, 5.41) is 2.91. The Morgan fingerprint density at radius 2 is 1.60 bits per heavy atom. The van der Waals surface area contributed by atoms with E-state index in [4.69, 9.17) is 9.47 Å². The number of benzene rings is 3. The van der Waals surface area contributed by atoms with Gasteiger partial charge in [0, 0.05) is 18.8 Å². The zero-order valence-corrected chi connectivity index (χ0v) is 20.5. The standard InChI is InChI=1S/C27H30N2O5S/c1-2-33-24-14-16-26(17-15-24)35(31,32)29-18-6-9-22(19-29)27(30)28-23-10-12-25(13-11-23)34-20-21-7-4-3-5-8-21/h3-5,7-8,10-17,22H,2,6,9,18-20H2,1H3,(H,28,30)/t22-/m1/s1. The Hall–Kier alpha value is -3.36. The monoisotopic (exact) mass is 494 g/mol. The molecule has 0 unspecified atom stereocenters. The van der Waals surface area contributed by atoms with E-state index >= 15 is 0 Å². The third kappa shape index (κ3) is 6.41. The van der Waals surface area contributed by atoms with Crippen molar-refractivity contribution in [3.8, 4) is 11.5 Å². The molecule has 1 saturated heterocycles. The topological polar surface area (TPSA) is 84.9 Å². The highest BCUT2D eigenvalue weighted by Gasteiger charge is 2.33. The molecule has 1 heterocycles. The summed E-state index contributed by atoms with van der Waals surface area (Å²) in [7, 11) is -3.69. The number of carbonyl (C=O) groups excluding carboxylic acids is 1. The van der Waals surface area contributed by atoms with Crippen LogP contribution in [0, 0.1) is 5.92 Å². The van der Waals surface area contributed by atoms with E-state index in [2.05, 4.69) is 5.32 Å². The van der Waals surface area contributed by atoms with Crippen LogP contribution in [0.25, 0.3) is 0 Å². The molecule has 0 radical (unpaired) electrons. The molecule has 0 aromatic heterocycles. The van der Waals surface area contributed by atoms with Gasteiger partial charge < -0.3 is 14.8 Å². The maximum absolute atomic E-state index is 13.1. The molecule has 1 N–H and O–H groups in total. The van der Waals surface area contributed by atoms with Gasteiger partial charge in [-0.05, 0) is 73.9 Å². The van der Waals surface area contributed by atoms with Gasteiger partial charge in [-0.15, -0.1) is 0 Å². The van der Waals surface area contributed by atoms with Gasteiger partial charge in [-0.1, -0.05) is 30.3 Å². The van der Waals surface area contributed by atoms with Crippen LogP contribution in [0.3, 0.4) is 0 Å². The number of amides is 1. The number of carbonyl (C=O) groups is 1. The van der Waals surface area contributed by atoms with E-state index in [1.54, 1.807) is 36.4 Å². The fraction of sp³-hybridized carbons (Fsp3) is 0.296. The predicted molar refractivity (Wildman–Crippen MR) is 135 cm³/mol. The molecule has 1 aliphatic rings. The molecule has 1 atom stereocenters. The Morgan fingerprint density at radius 1 is 0.943 bits per heavy atom. The molecular weight excluding hydrogens is 464 g/mol. The molecular formula is C27H30N2O5S. The second-order valence-electron chi connectivity index (χ2n) is 8.39. The van der Waals surface area contributed by atoms with Crippen LogP contribution >= 0.6 is 0 Å². The average Bonchev–Trinajstić information content (AvgIpc) is 2.89. The molecule has 1 aliphatic heterocycles. The van der Waals surface area contributed by atoms with Crippen molar-refractivity contribution in [1.29, 1.82) is 0 Å². The van der Waals surface area contributed by atoms with E-state index in [1.807, 2.05) is 49.4 Å². The van der Waals surface area contributed by atoms with Crippen molar-refractivity contribution < 1.29 is 22.7 Å². The van der Waals surface area contributed by atoms with Crippen LogP contribution in [0.15, 0.2) is 83.8 Å². The third-order valence-electron chi connectivity index (χ3n) is 5.90. The van der Waals surface area contributed by atoms with E-state index < -0.39 is 15.9 Å². The minimum atomic E-state index is -3.69. The SMILES string of the molecule is CCOc1ccc(S(=O)(=O)N2CCC[C@@H](C(=O)Nc3ccc(OCc4ccccc4)cc3)C2)cc1. The number of nitrogens with zero attached hydrogens (tertiary/aromatic N) is 1. The molecule has 0 bridgehead atoms. The zero-order valence-electron chi connectivity index (χ0n) is 19.7. The van der Waals surface area contributed by atoms with Gasteiger partial charge in [0.15, 0.2) is 0 Å². The van der Waals surface area contributed by atoms with Crippen LogP contribution in [0.5, 0.6) is 11.5 Å². The number of anilines is 1. The lowest BCUT2D eigenvalue weighted by molar-refractivity contribution is -0.120. The minimum absolute atomic E-state index is 0.152. The molecule has 0 spiro atoms. The average molecular weight is 495 g/mol. The lowest BCUT2D eigenvalue weighted by Gasteiger charge is -2.31. The quantitative estimate of drug-likeness (QED) is 0.466. The van der Waals surface area contributed by atoms with E-state index in [0.717, 1.165) is 5.56 Å². The lowest BCUT2D eigenvalue weighted by Crippen LogP contribution is -2.43. The number of piperidine rings is 1. The van der Waals surface area contributed by atoms with Crippen LogP contribution in [0.4, 0.5) is 5.69 Å². The molecule has 1 amide bonds. The van der Waals surface area contributed by atoms with Crippen molar-refractivity contribution in [2.45, 2.75) is 31.3 Å². The number of ether oxygens (including phenoxy) is 2. The molecule has 35 heavy (non-hydrogen) atoms. The van der Waals surface area contributed by atoms with Gasteiger partial charge in [-0.3, -0.25) is 4.79 Å². The first-order valence-corrected chi connectivity index (χ1v) is 13.2. The second kappa shape index (κ2) is 11.4.